The van der Waals surface area contributed by atoms with Gasteiger partial charge in [-0.2, -0.15) is 0 Å². The Bertz CT molecular complexity index is 883. The molecule has 0 radical (unpaired) electrons. The normalized spacial score (nSPS) is 13.4. The van der Waals surface area contributed by atoms with Gasteiger partial charge in [-0.3, -0.25) is 9.59 Å². The first-order chi connectivity index (χ1) is 15.1. The molecule has 0 aliphatic heterocycles. The Labute approximate surface area is 190 Å². The van der Waals surface area contributed by atoms with Crippen LogP contribution in [0.3, 0.4) is 0 Å². The molecule has 2 rings (SSSR count). The van der Waals surface area contributed by atoms with Crippen molar-refractivity contribution < 1.29 is 23.8 Å². The second kappa shape index (κ2) is 11.8. The Morgan fingerprint density at radius 2 is 1.69 bits per heavy atom. The summed E-state index contributed by atoms with van der Waals surface area (Å²) in [6.07, 6.45) is 3.75. The molecular formula is C27H35FO4. The molecule has 0 aliphatic rings. The molecule has 0 spiro atoms. The van der Waals surface area contributed by atoms with Crippen LogP contribution in [0.25, 0.3) is 11.1 Å². The van der Waals surface area contributed by atoms with E-state index in [1.165, 1.54) is 12.1 Å². The fourth-order valence-electron chi connectivity index (χ4n) is 3.73. The van der Waals surface area contributed by atoms with Crippen molar-refractivity contribution >= 4 is 11.9 Å². The Balaban J connectivity index is 2.03. The van der Waals surface area contributed by atoms with Gasteiger partial charge in [0.2, 0.25) is 0 Å². The van der Waals surface area contributed by atoms with Crippen molar-refractivity contribution in [1.29, 1.82) is 0 Å². The molecule has 32 heavy (non-hydrogen) atoms. The highest BCUT2D eigenvalue weighted by Crippen LogP contribution is 2.27. The summed E-state index contributed by atoms with van der Waals surface area (Å²) in [6, 6.07) is 14.2. The molecule has 1 N–H and O–H groups in total. The zero-order chi connectivity index (χ0) is 23.7. The average Bonchev–Trinajstić information content (AvgIpc) is 2.72. The molecule has 0 unspecified atom stereocenters. The number of unbranched alkanes of at least 4 members (excludes halogenated alkanes) is 1. The Hall–Kier alpha value is -2.69. The van der Waals surface area contributed by atoms with Gasteiger partial charge < -0.3 is 9.84 Å². The molecule has 0 aliphatic carbocycles. The number of aryl methyl sites for hydroxylation is 1. The summed E-state index contributed by atoms with van der Waals surface area (Å²) in [5.41, 5.74) is 2.13. The zero-order valence-corrected chi connectivity index (χ0v) is 19.6. The highest BCUT2D eigenvalue weighted by molar-refractivity contribution is 5.75. The van der Waals surface area contributed by atoms with E-state index in [2.05, 4.69) is 0 Å². The third kappa shape index (κ3) is 8.45. The van der Waals surface area contributed by atoms with Gasteiger partial charge >= 0.3 is 11.9 Å². The highest BCUT2D eigenvalue weighted by Gasteiger charge is 2.30. The molecule has 4 nitrogen and oxygen atoms in total. The Morgan fingerprint density at radius 1 is 1.00 bits per heavy atom. The number of rotatable bonds is 11. The van der Waals surface area contributed by atoms with E-state index in [1.54, 1.807) is 6.07 Å². The van der Waals surface area contributed by atoms with Gasteiger partial charge in [0.25, 0.3) is 0 Å². The first-order valence-electron chi connectivity index (χ1n) is 11.4. The van der Waals surface area contributed by atoms with Crippen molar-refractivity contribution in [2.75, 3.05) is 0 Å². The standard InChI is InChI=1S/C27H35FO4/c1-5-6-8-23(26(31)32-27(2,3)4)17-22(25(29)30)16-13-19-11-14-20(15-12-19)21-9-7-10-24(28)18-21/h7,9-12,14-15,18,22-23H,5-6,8,13,16-17H2,1-4H3,(H,29,30)/t22-,23+/m1/s1. The number of ether oxygens (including phenoxy) is 1. The molecule has 0 saturated carbocycles. The number of esters is 1. The number of carboxylic acid groups (broad SMARTS) is 1. The molecule has 0 bridgehead atoms. The van der Waals surface area contributed by atoms with Crippen molar-refractivity contribution in [3.8, 4) is 11.1 Å². The van der Waals surface area contributed by atoms with Crippen LogP contribution in [0.5, 0.6) is 0 Å². The van der Waals surface area contributed by atoms with E-state index in [4.69, 9.17) is 4.74 Å². The largest absolute Gasteiger partial charge is 0.481 e. The third-order valence-electron chi connectivity index (χ3n) is 5.46. The lowest BCUT2D eigenvalue weighted by molar-refractivity contribution is -0.161. The van der Waals surface area contributed by atoms with E-state index in [0.717, 1.165) is 29.5 Å². The number of aliphatic carboxylic acids is 1. The van der Waals surface area contributed by atoms with Gasteiger partial charge in [0, 0.05) is 0 Å². The second-order valence-electron chi connectivity index (χ2n) is 9.39. The number of carbonyl (C=O) groups is 2. The lowest BCUT2D eigenvalue weighted by Gasteiger charge is -2.25. The van der Waals surface area contributed by atoms with Gasteiger partial charge in [0.1, 0.15) is 11.4 Å². The van der Waals surface area contributed by atoms with Crippen LogP contribution in [0.15, 0.2) is 48.5 Å². The predicted octanol–water partition coefficient (Wildman–Crippen LogP) is 6.66. The summed E-state index contributed by atoms with van der Waals surface area (Å²) in [5, 5.41) is 9.77. The second-order valence-corrected chi connectivity index (χ2v) is 9.39. The van der Waals surface area contributed by atoms with E-state index >= 15 is 0 Å². The molecule has 5 heteroatoms. The summed E-state index contributed by atoms with van der Waals surface area (Å²) in [5.74, 6) is -2.50. The molecule has 0 saturated heterocycles. The van der Waals surface area contributed by atoms with Crippen LogP contribution in [0.2, 0.25) is 0 Å². The summed E-state index contributed by atoms with van der Waals surface area (Å²) < 4.78 is 19.0. The highest BCUT2D eigenvalue weighted by atomic mass is 19.1. The third-order valence-corrected chi connectivity index (χ3v) is 5.46. The smallest absolute Gasteiger partial charge is 0.309 e. The van der Waals surface area contributed by atoms with E-state index in [9.17, 15) is 19.1 Å². The fourth-order valence-corrected chi connectivity index (χ4v) is 3.73. The van der Waals surface area contributed by atoms with Gasteiger partial charge in [0.05, 0.1) is 11.8 Å². The van der Waals surface area contributed by atoms with Crippen molar-refractivity contribution in [1.82, 2.24) is 0 Å². The number of carbonyl (C=O) groups excluding carboxylic acids is 1. The van der Waals surface area contributed by atoms with Crippen molar-refractivity contribution in [3.05, 3.63) is 59.9 Å². The maximum atomic E-state index is 13.5. The summed E-state index contributed by atoms with van der Waals surface area (Å²) in [4.78, 5) is 24.6. The number of carboxylic acids is 1. The minimum absolute atomic E-state index is 0.279. The van der Waals surface area contributed by atoms with Crippen LogP contribution in [0, 0.1) is 17.7 Å². The quantitative estimate of drug-likeness (QED) is 0.395. The Morgan fingerprint density at radius 3 is 2.25 bits per heavy atom. The lowest BCUT2D eigenvalue weighted by atomic mass is 9.87. The predicted molar refractivity (Wildman–Crippen MR) is 125 cm³/mol. The topological polar surface area (TPSA) is 63.6 Å². The van der Waals surface area contributed by atoms with Crippen molar-refractivity contribution in [2.24, 2.45) is 11.8 Å². The molecule has 0 heterocycles. The molecular weight excluding hydrogens is 407 g/mol. The van der Waals surface area contributed by atoms with Gasteiger partial charge in [-0.15, -0.1) is 0 Å². The number of hydrogen-bond acceptors (Lipinski definition) is 3. The minimum Gasteiger partial charge on any atom is -0.481 e. The SMILES string of the molecule is CCCC[C@@H](C[C@@H](CCc1ccc(-c2cccc(F)c2)cc1)C(=O)O)C(=O)OC(C)(C)C. The van der Waals surface area contributed by atoms with E-state index in [-0.39, 0.29) is 18.2 Å². The monoisotopic (exact) mass is 442 g/mol. The Kier molecular flexibility index (Phi) is 9.42. The van der Waals surface area contributed by atoms with E-state index in [0.29, 0.717) is 19.3 Å². The molecule has 0 aromatic heterocycles. The maximum Gasteiger partial charge on any atom is 0.309 e. The first kappa shape index (κ1) is 25.6. The van der Waals surface area contributed by atoms with E-state index < -0.39 is 23.4 Å². The van der Waals surface area contributed by atoms with Crippen LogP contribution in [0.1, 0.15) is 65.4 Å². The van der Waals surface area contributed by atoms with Gasteiger partial charge in [-0.1, -0.05) is 56.2 Å². The lowest BCUT2D eigenvalue weighted by Crippen LogP contribution is -2.31. The molecule has 2 aromatic rings. The summed E-state index contributed by atoms with van der Waals surface area (Å²) in [7, 11) is 0. The van der Waals surface area contributed by atoms with Crippen LogP contribution in [-0.4, -0.2) is 22.6 Å². The number of halogens is 1. The van der Waals surface area contributed by atoms with Crippen LogP contribution in [0.4, 0.5) is 4.39 Å². The molecule has 174 valence electrons. The number of benzene rings is 2. The molecule has 2 aromatic carbocycles. The fraction of sp³-hybridized carbons (Fsp3) is 0.481. The maximum absolute atomic E-state index is 13.5. The van der Waals surface area contributed by atoms with Crippen LogP contribution in [-0.2, 0) is 20.7 Å². The van der Waals surface area contributed by atoms with Crippen molar-refractivity contribution in [3.63, 3.8) is 0 Å². The number of hydrogen-bond donors (Lipinski definition) is 1. The summed E-state index contributed by atoms with van der Waals surface area (Å²) in [6.45, 7) is 7.52. The first-order valence-corrected chi connectivity index (χ1v) is 11.4. The van der Waals surface area contributed by atoms with Gasteiger partial charge in [-0.25, -0.2) is 4.39 Å². The van der Waals surface area contributed by atoms with Gasteiger partial charge in [-0.05, 0) is 75.3 Å². The molecule has 2 atom stereocenters. The zero-order valence-electron chi connectivity index (χ0n) is 19.6. The van der Waals surface area contributed by atoms with Crippen molar-refractivity contribution in [2.45, 2.75) is 71.8 Å². The van der Waals surface area contributed by atoms with Gasteiger partial charge in [0.15, 0.2) is 0 Å². The van der Waals surface area contributed by atoms with Crippen LogP contribution < -0.4 is 0 Å². The molecule has 0 fully saturated rings. The average molecular weight is 443 g/mol. The summed E-state index contributed by atoms with van der Waals surface area (Å²) >= 11 is 0. The minimum atomic E-state index is -0.883. The van der Waals surface area contributed by atoms with Crippen LogP contribution >= 0.6 is 0 Å². The van der Waals surface area contributed by atoms with E-state index in [1.807, 2.05) is 58.0 Å². The molecule has 0 amide bonds.